The van der Waals surface area contributed by atoms with Gasteiger partial charge in [-0.05, 0) is 11.8 Å². The van der Waals surface area contributed by atoms with Gasteiger partial charge in [0.05, 0.1) is 0 Å². The summed E-state index contributed by atoms with van der Waals surface area (Å²) in [5.41, 5.74) is 0.529. The number of carbonyl (C=O) groups excluding carboxylic acids is 3. The van der Waals surface area contributed by atoms with Crippen molar-refractivity contribution in [1.82, 2.24) is 0 Å². The third-order valence-electron chi connectivity index (χ3n) is 1.85. The van der Waals surface area contributed by atoms with Gasteiger partial charge in [0, 0.05) is 0 Å². The molecule has 108 valence electrons. The van der Waals surface area contributed by atoms with Crippen LogP contribution in [-0.2, 0) is 33.9 Å². The second-order valence-electron chi connectivity index (χ2n) is 4.97. The molecule has 0 aliphatic rings. The molecular weight excluding hydrogens is 317 g/mol. The number of rotatable bonds is 4. The van der Waals surface area contributed by atoms with E-state index in [1.54, 1.807) is 5.92 Å². The van der Waals surface area contributed by atoms with Gasteiger partial charge in [-0.15, -0.1) is 0 Å². The molecule has 0 atom stereocenters. The molecule has 0 aliphatic carbocycles. The summed E-state index contributed by atoms with van der Waals surface area (Å²) in [6.45, 7) is 21.1. The van der Waals surface area contributed by atoms with Crippen molar-refractivity contribution in [2.75, 3.05) is 0 Å². The predicted molar refractivity (Wildman–Crippen MR) is 72.8 cm³/mol. The Morgan fingerprint density at radius 2 is 1.17 bits per heavy atom. The van der Waals surface area contributed by atoms with E-state index in [0.717, 1.165) is 0 Å². The maximum absolute atomic E-state index is 7.75. The van der Waals surface area contributed by atoms with Crippen molar-refractivity contribution in [2.45, 2.75) is 60.3 Å². The van der Waals surface area contributed by atoms with Crippen molar-refractivity contribution in [3.63, 3.8) is 0 Å². The van der Waals surface area contributed by atoms with Gasteiger partial charge < -0.3 is 20.3 Å². The Labute approximate surface area is 126 Å². The van der Waals surface area contributed by atoms with Gasteiger partial charge in [0.25, 0.3) is 0 Å². The van der Waals surface area contributed by atoms with Crippen LogP contribution in [0.1, 0.15) is 60.3 Å². The first-order chi connectivity index (χ1) is 7.92. The summed E-state index contributed by atoms with van der Waals surface area (Å²) in [6, 6.07) is 0. The SMILES string of the molecule is C[C-](C)CCCCC(C)(C)C.[CH-]=O.[CH-]=O.[CH-]=O.[Ru+4]. The minimum atomic E-state index is 0. The molecule has 4 heteroatoms. The zero-order valence-corrected chi connectivity index (χ0v) is 13.9. The van der Waals surface area contributed by atoms with Gasteiger partial charge in [-0.2, -0.15) is 20.3 Å². The van der Waals surface area contributed by atoms with Gasteiger partial charge in [-0.1, -0.05) is 33.6 Å². The van der Waals surface area contributed by atoms with Crippen molar-refractivity contribution in [1.29, 1.82) is 0 Å². The molecule has 0 spiro atoms. The molecular formula is C14H26O3Ru. The van der Waals surface area contributed by atoms with Crippen LogP contribution in [0.15, 0.2) is 0 Å². The first-order valence-electron chi connectivity index (χ1n) is 5.41. The van der Waals surface area contributed by atoms with Crippen LogP contribution in [0.3, 0.4) is 0 Å². The first-order valence-corrected chi connectivity index (χ1v) is 5.41. The van der Waals surface area contributed by atoms with Crippen molar-refractivity contribution in [2.24, 2.45) is 5.41 Å². The largest absolute Gasteiger partial charge is 4.00 e. The summed E-state index contributed by atoms with van der Waals surface area (Å²) in [6.07, 6.45) is 5.44. The maximum atomic E-state index is 7.75. The van der Waals surface area contributed by atoms with E-state index in [1.165, 1.54) is 25.7 Å². The fourth-order valence-electron chi connectivity index (χ4n) is 1.13. The van der Waals surface area contributed by atoms with E-state index in [-0.39, 0.29) is 19.5 Å². The van der Waals surface area contributed by atoms with Crippen molar-refractivity contribution >= 4 is 20.4 Å². The molecule has 0 amide bonds. The van der Waals surface area contributed by atoms with Gasteiger partial charge in [0.1, 0.15) is 0 Å². The van der Waals surface area contributed by atoms with E-state index >= 15 is 0 Å². The summed E-state index contributed by atoms with van der Waals surface area (Å²) in [5, 5.41) is 0. The average Bonchev–Trinajstić information content (AvgIpc) is 2.31. The third kappa shape index (κ3) is 57.5. The standard InChI is InChI=1S/C11H23.3CHO.Ru/c1-10(2)8-6-7-9-11(3,4)5;3*1-2;/h6-9H2,1-5H3;3*1H;/q4*-1;+4. The van der Waals surface area contributed by atoms with Crippen LogP contribution < -0.4 is 0 Å². The Bertz CT molecular complexity index is 129. The van der Waals surface area contributed by atoms with Crippen LogP contribution in [0.4, 0.5) is 0 Å². The molecule has 0 radical (unpaired) electrons. The Balaban J connectivity index is -0.0000000700. The summed E-state index contributed by atoms with van der Waals surface area (Å²) in [5.74, 6) is 1.57. The Morgan fingerprint density at radius 1 is 0.833 bits per heavy atom. The van der Waals surface area contributed by atoms with E-state index in [0.29, 0.717) is 5.41 Å². The van der Waals surface area contributed by atoms with Crippen LogP contribution in [-0.4, -0.2) is 20.4 Å². The van der Waals surface area contributed by atoms with E-state index in [2.05, 4.69) is 55.0 Å². The van der Waals surface area contributed by atoms with Crippen LogP contribution in [0, 0.1) is 11.3 Å². The molecule has 0 aromatic rings. The quantitative estimate of drug-likeness (QED) is 0.340. The minimum absolute atomic E-state index is 0. The van der Waals surface area contributed by atoms with Crippen molar-refractivity contribution < 1.29 is 33.9 Å². The molecule has 0 fully saturated rings. The smallest absolute Gasteiger partial charge is 0.545 e. The molecule has 0 saturated heterocycles. The summed E-state index contributed by atoms with van der Waals surface area (Å²) < 4.78 is 0. The van der Waals surface area contributed by atoms with Gasteiger partial charge in [-0.25, -0.2) is 0 Å². The first kappa shape index (κ1) is 30.6. The molecule has 0 heterocycles. The van der Waals surface area contributed by atoms with E-state index in [4.69, 9.17) is 14.4 Å². The van der Waals surface area contributed by atoms with Gasteiger partial charge in [0.2, 0.25) is 0 Å². The van der Waals surface area contributed by atoms with Crippen LogP contribution in [0.5, 0.6) is 0 Å². The Kier molecular flexibility index (Phi) is 43.3. The maximum Gasteiger partial charge on any atom is 4.00 e. The predicted octanol–water partition coefficient (Wildman–Crippen LogP) is 3.38. The van der Waals surface area contributed by atoms with Crippen LogP contribution in [0.25, 0.3) is 0 Å². The molecule has 0 aromatic carbocycles. The van der Waals surface area contributed by atoms with E-state index < -0.39 is 0 Å². The number of hydrogen-bond acceptors (Lipinski definition) is 3. The molecule has 0 aromatic heterocycles. The molecule has 3 nitrogen and oxygen atoms in total. The number of hydrogen-bond donors (Lipinski definition) is 0. The molecule has 0 aliphatic heterocycles. The average molecular weight is 343 g/mol. The molecule has 0 rings (SSSR count). The van der Waals surface area contributed by atoms with Gasteiger partial charge >= 0.3 is 19.5 Å². The topological polar surface area (TPSA) is 51.2 Å². The molecule has 0 unspecified atom stereocenters. The second-order valence-corrected chi connectivity index (χ2v) is 4.97. The van der Waals surface area contributed by atoms with Crippen molar-refractivity contribution in [3.05, 3.63) is 5.92 Å². The van der Waals surface area contributed by atoms with Crippen molar-refractivity contribution in [3.8, 4) is 0 Å². The van der Waals surface area contributed by atoms with E-state index in [9.17, 15) is 0 Å². The third-order valence-corrected chi connectivity index (χ3v) is 1.85. The normalized spacial score (nSPS) is 8.33. The molecule has 0 N–H and O–H groups in total. The van der Waals surface area contributed by atoms with Crippen LogP contribution >= 0.6 is 0 Å². The molecule has 0 saturated carbocycles. The van der Waals surface area contributed by atoms with Gasteiger partial charge in [-0.3, -0.25) is 20.4 Å². The number of unbranched alkanes of at least 4 members (excludes halogenated alkanes) is 1. The van der Waals surface area contributed by atoms with Gasteiger partial charge in [0.15, 0.2) is 0 Å². The zero-order chi connectivity index (χ0) is 14.9. The summed E-state index contributed by atoms with van der Waals surface area (Å²) in [7, 11) is 0. The molecule has 18 heavy (non-hydrogen) atoms. The molecule has 0 bridgehead atoms. The fourth-order valence-corrected chi connectivity index (χ4v) is 1.13. The Morgan fingerprint density at radius 3 is 1.39 bits per heavy atom. The monoisotopic (exact) mass is 344 g/mol. The minimum Gasteiger partial charge on any atom is -0.545 e. The second kappa shape index (κ2) is 25.5. The zero-order valence-electron chi connectivity index (χ0n) is 12.1. The fraction of sp³-hybridized carbons (Fsp3) is 0.714. The summed E-state index contributed by atoms with van der Waals surface area (Å²) in [4.78, 5) is 23.2. The van der Waals surface area contributed by atoms with Crippen LogP contribution in [0.2, 0.25) is 0 Å². The summed E-state index contributed by atoms with van der Waals surface area (Å²) >= 11 is 0. The Hall–Kier alpha value is -0.367. The van der Waals surface area contributed by atoms with E-state index in [1.807, 2.05) is 0 Å².